The topological polar surface area (TPSA) is 71.5 Å². The van der Waals surface area contributed by atoms with E-state index in [1.165, 1.54) is 19.4 Å². The molecule has 0 radical (unpaired) electrons. The molecule has 1 aliphatic rings. The molecular formula is C14H26N6. The molecule has 0 aromatic carbocycles. The van der Waals surface area contributed by atoms with Crippen LogP contribution in [-0.2, 0) is 13.6 Å². The molecule has 0 spiro atoms. The van der Waals surface area contributed by atoms with E-state index < -0.39 is 0 Å². The van der Waals surface area contributed by atoms with Gasteiger partial charge in [0, 0.05) is 30.9 Å². The SMILES string of the molecule is CCN1CCCC1CNC(N)=NCc1cnn(C)c1C. The molecule has 2 heterocycles. The smallest absolute Gasteiger partial charge is 0.188 e. The molecule has 1 atom stereocenters. The minimum Gasteiger partial charge on any atom is -0.370 e. The van der Waals surface area contributed by atoms with Crippen molar-refractivity contribution in [1.82, 2.24) is 20.0 Å². The Morgan fingerprint density at radius 1 is 1.60 bits per heavy atom. The number of nitrogens with one attached hydrogen (secondary N) is 1. The average Bonchev–Trinajstić information content (AvgIpc) is 3.02. The Morgan fingerprint density at radius 2 is 2.40 bits per heavy atom. The molecule has 0 saturated carbocycles. The molecule has 0 amide bonds. The standard InChI is InChI=1S/C14H26N6/c1-4-20-7-5-6-13(20)10-17-14(15)16-8-12-9-18-19(3)11(12)2/h9,13H,4-8,10H2,1-3H3,(H3,15,16,17). The van der Waals surface area contributed by atoms with Crippen LogP contribution in [0.3, 0.4) is 0 Å². The largest absolute Gasteiger partial charge is 0.370 e. The van der Waals surface area contributed by atoms with E-state index in [9.17, 15) is 0 Å². The summed E-state index contributed by atoms with van der Waals surface area (Å²) in [7, 11) is 1.93. The molecular weight excluding hydrogens is 252 g/mol. The molecule has 2 rings (SSSR count). The van der Waals surface area contributed by atoms with Crippen LogP contribution in [0.25, 0.3) is 0 Å². The summed E-state index contributed by atoms with van der Waals surface area (Å²) in [6.45, 7) is 8.03. The van der Waals surface area contributed by atoms with Crippen molar-refractivity contribution in [2.45, 2.75) is 39.3 Å². The Bertz CT molecular complexity index is 464. The van der Waals surface area contributed by atoms with Crippen molar-refractivity contribution in [2.24, 2.45) is 17.8 Å². The minimum absolute atomic E-state index is 0.524. The fourth-order valence-electron chi connectivity index (χ4n) is 2.69. The molecule has 1 saturated heterocycles. The predicted octanol–water partition coefficient (Wildman–Crippen LogP) is 0.617. The number of guanidine groups is 1. The van der Waals surface area contributed by atoms with Gasteiger partial charge in [-0.3, -0.25) is 9.58 Å². The second-order valence-electron chi connectivity index (χ2n) is 5.39. The number of likely N-dealkylation sites (N-methyl/N-ethyl adjacent to an activating group) is 1. The number of aryl methyl sites for hydroxylation is 1. The highest BCUT2D eigenvalue weighted by atomic mass is 15.3. The van der Waals surface area contributed by atoms with Crippen LogP contribution in [0.2, 0.25) is 0 Å². The van der Waals surface area contributed by atoms with Crippen molar-refractivity contribution >= 4 is 5.96 Å². The zero-order chi connectivity index (χ0) is 14.5. The van der Waals surface area contributed by atoms with E-state index in [4.69, 9.17) is 5.73 Å². The third-order valence-corrected chi connectivity index (χ3v) is 4.18. The molecule has 3 N–H and O–H groups in total. The number of likely N-dealkylation sites (tertiary alicyclic amines) is 1. The molecule has 1 unspecified atom stereocenters. The van der Waals surface area contributed by atoms with Crippen molar-refractivity contribution in [1.29, 1.82) is 0 Å². The monoisotopic (exact) mass is 278 g/mol. The third kappa shape index (κ3) is 3.50. The van der Waals surface area contributed by atoms with Gasteiger partial charge in [-0.05, 0) is 32.9 Å². The van der Waals surface area contributed by atoms with Crippen LogP contribution in [0.5, 0.6) is 0 Å². The van der Waals surface area contributed by atoms with Gasteiger partial charge in [-0.1, -0.05) is 6.92 Å². The Morgan fingerprint density at radius 3 is 3.05 bits per heavy atom. The summed E-state index contributed by atoms with van der Waals surface area (Å²) in [6, 6.07) is 0.592. The number of hydrogen-bond donors (Lipinski definition) is 2. The van der Waals surface area contributed by atoms with Gasteiger partial charge in [-0.25, -0.2) is 4.99 Å². The Balaban J connectivity index is 1.81. The lowest BCUT2D eigenvalue weighted by Crippen LogP contribution is -2.42. The molecule has 1 aromatic rings. The number of hydrogen-bond acceptors (Lipinski definition) is 3. The van der Waals surface area contributed by atoms with Crippen LogP contribution >= 0.6 is 0 Å². The van der Waals surface area contributed by atoms with Crippen molar-refractivity contribution < 1.29 is 0 Å². The third-order valence-electron chi connectivity index (χ3n) is 4.18. The van der Waals surface area contributed by atoms with Crippen molar-refractivity contribution in [3.8, 4) is 0 Å². The number of aromatic nitrogens is 2. The first-order valence-electron chi connectivity index (χ1n) is 7.37. The summed E-state index contributed by atoms with van der Waals surface area (Å²) in [5, 5.41) is 7.45. The first-order chi connectivity index (χ1) is 9.61. The lowest BCUT2D eigenvalue weighted by atomic mass is 10.2. The number of rotatable bonds is 5. The molecule has 1 fully saturated rings. The summed E-state index contributed by atoms with van der Waals surface area (Å²) in [6.07, 6.45) is 4.38. The highest BCUT2D eigenvalue weighted by Crippen LogP contribution is 2.15. The van der Waals surface area contributed by atoms with Gasteiger partial charge >= 0.3 is 0 Å². The van der Waals surface area contributed by atoms with Gasteiger partial charge < -0.3 is 11.1 Å². The zero-order valence-corrected chi connectivity index (χ0v) is 12.8. The van der Waals surface area contributed by atoms with Crippen LogP contribution in [0.1, 0.15) is 31.0 Å². The van der Waals surface area contributed by atoms with E-state index in [0.29, 0.717) is 18.5 Å². The van der Waals surface area contributed by atoms with Crippen LogP contribution in [0, 0.1) is 6.92 Å². The van der Waals surface area contributed by atoms with Crippen molar-refractivity contribution in [3.05, 3.63) is 17.5 Å². The van der Waals surface area contributed by atoms with E-state index >= 15 is 0 Å². The lowest BCUT2D eigenvalue weighted by molar-refractivity contribution is 0.267. The van der Waals surface area contributed by atoms with Gasteiger partial charge in [0.05, 0.1) is 12.7 Å². The fraction of sp³-hybridized carbons (Fsp3) is 0.714. The molecule has 6 nitrogen and oxygen atoms in total. The molecule has 112 valence electrons. The summed E-state index contributed by atoms with van der Waals surface area (Å²) in [4.78, 5) is 6.88. The summed E-state index contributed by atoms with van der Waals surface area (Å²) >= 11 is 0. The molecule has 1 aromatic heterocycles. The van der Waals surface area contributed by atoms with Crippen LogP contribution in [0.4, 0.5) is 0 Å². The van der Waals surface area contributed by atoms with Gasteiger partial charge in [0.1, 0.15) is 0 Å². The van der Waals surface area contributed by atoms with Crippen molar-refractivity contribution in [3.63, 3.8) is 0 Å². The zero-order valence-electron chi connectivity index (χ0n) is 12.8. The van der Waals surface area contributed by atoms with Gasteiger partial charge in [-0.15, -0.1) is 0 Å². The molecule has 1 aliphatic heterocycles. The van der Waals surface area contributed by atoms with E-state index in [0.717, 1.165) is 24.3 Å². The Kier molecular flexibility index (Phi) is 5.00. The fourth-order valence-corrected chi connectivity index (χ4v) is 2.69. The number of nitrogens with zero attached hydrogens (tertiary/aromatic N) is 4. The summed E-state index contributed by atoms with van der Waals surface area (Å²) in [5.41, 5.74) is 8.19. The Hall–Kier alpha value is -1.56. The van der Waals surface area contributed by atoms with Crippen LogP contribution in [-0.4, -0.2) is 46.3 Å². The first kappa shape index (κ1) is 14.8. The number of aliphatic imine (C=N–C) groups is 1. The van der Waals surface area contributed by atoms with E-state index in [1.807, 2.05) is 24.9 Å². The normalized spacial score (nSPS) is 20.6. The average molecular weight is 278 g/mol. The van der Waals surface area contributed by atoms with Crippen LogP contribution < -0.4 is 11.1 Å². The number of nitrogens with two attached hydrogens (primary N) is 1. The minimum atomic E-state index is 0.524. The maximum atomic E-state index is 5.94. The molecule has 0 bridgehead atoms. The highest BCUT2D eigenvalue weighted by molar-refractivity contribution is 5.77. The maximum Gasteiger partial charge on any atom is 0.188 e. The second-order valence-corrected chi connectivity index (χ2v) is 5.39. The van der Waals surface area contributed by atoms with Gasteiger partial charge in [0.2, 0.25) is 0 Å². The molecule has 6 heteroatoms. The second kappa shape index (κ2) is 6.74. The van der Waals surface area contributed by atoms with E-state index in [2.05, 4.69) is 27.2 Å². The quantitative estimate of drug-likeness (QED) is 0.612. The molecule has 0 aliphatic carbocycles. The van der Waals surface area contributed by atoms with Crippen LogP contribution in [0.15, 0.2) is 11.2 Å². The van der Waals surface area contributed by atoms with E-state index in [1.54, 1.807) is 0 Å². The predicted molar refractivity (Wildman–Crippen MR) is 81.5 cm³/mol. The van der Waals surface area contributed by atoms with Gasteiger partial charge in [0.15, 0.2) is 5.96 Å². The maximum absolute atomic E-state index is 5.94. The first-order valence-corrected chi connectivity index (χ1v) is 7.37. The Labute approximate surface area is 121 Å². The van der Waals surface area contributed by atoms with Crippen molar-refractivity contribution in [2.75, 3.05) is 19.6 Å². The van der Waals surface area contributed by atoms with Gasteiger partial charge in [0.25, 0.3) is 0 Å². The van der Waals surface area contributed by atoms with E-state index in [-0.39, 0.29) is 0 Å². The summed E-state index contributed by atoms with van der Waals surface area (Å²) < 4.78 is 1.85. The molecule has 20 heavy (non-hydrogen) atoms. The summed E-state index contributed by atoms with van der Waals surface area (Å²) in [5.74, 6) is 0.524. The highest BCUT2D eigenvalue weighted by Gasteiger charge is 2.22. The lowest BCUT2D eigenvalue weighted by Gasteiger charge is -2.23. The van der Waals surface area contributed by atoms with Gasteiger partial charge in [-0.2, -0.15) is 5.10 Å².